The van der Waals surface area contributed by atoms with Crippen LogP contribution in [0.5, 0.6) is 0 Å². The predicted octanol–water partition coefficient (Wildman–Crippen LogP) is 1.03. The van der Waals surface area contributed by atoms with E-state index in [-0.39, 0.29) is 80.3 Å². The number of ketones is 2. The summed E-state index contributed by atoms with van der Waals surface area (Å²) in [6.45, 7) is 0.911. The van der Waals surface area contributed by atoms with Gasteiger partial charge in [0.05, 0.1) is 19.1 Å². The smallest absolute Gasteiger partial charge is 0.159 e. The van der Waals surface area contributed by atoms with Crippen LogP contribution in [0.2, 0.25) is 0 Å². The lowest BCUT2D eigenvalue weighted by molar-refractivity contribution is -0.127. The van der Waals surface area contributed by atoms with Gasteiger partial charge in [-0.3, -0.25) is 9.59 Å². The van der Waals surface area contributed by atoms with E-state index < -0.39 is 18.4 Å². The summed E-state index contributed by atoms with van der Waals surface area (Å²) in [5.41, 5.74) is 5.11. The molecule has 0 amide bonds. The Morgan fingerprint density at radius 1 is 1.06 bits per heavy atom. The summed E-state index contributed by atoms with van der Waals surface area (Å²) in [5, 5.41) is 8.36. The van der Waals surface area contributed by atoms with Gasteiger partial charge in [0.25, 0.3) is 0 Å². The Morgan fingerprint density at radius 3 is 1.53 bits per heavy atom. The third kappa shape index (κ3) is 31.4. The van der Waals surface area contributed by atoms with Gasteiger partial charge in [0, 0.05) is 0 Å². The Hall–Kier alpha value is 0.300. The Labute approximate surface area is 126 Å². The Balaban J connectivity index is -0.0000000193. The van der Waals surface area contributed by atoms with Crippen LogP contribution in [-0.4, -0.2) is 29.3 Å². The molecule has 0 bridgehead atoms. The Kier molecular flexibility index (Phi) is 93.4. The minimum atomic E-state index is -0.899. The summed E-state index contributed by atoms with van der Waals surface area (Å²) in [7, 11) is 0. The molecule has 17 heavy (non-hydrogen) atoms. The fourth-order valence-corrected chi connectivity index (χ4v) is 0.478. The van der Waals surface area contributed by atoms with Crippen LogP contribution in [0.3, 0.4) is 0 Å². The standard InChI is InChI=1S/C6H11NO3.4ClH.3H3N/c1-4(9)2-6(10)5(7)3-8;;;;;;;/h5,8H,2-3,7H2,1H3;4*1H;3*1H3. The summed E-state index contributed by atoms with van der Waals surface area (Å²) in [6, 6.07) is -0.899. The van der Waals surface area contributed by atoms with Gasteiger partial charge in [-0.25, -0.2) is 0 Å². The summed E-state index contributed by atoms with van der Waals surface area (Å²) in [5.74, 6) is -0.635. The van der Waals surface area contributed by atoms with Crippen LogP contribution in [0.1, 0.15) is 13.3 Å². The van der Waals surface area contributed by atoms with E-state index in [1.807, 2.05) is 0 Å². The molecule has 0 aromatic heterocycles. The van der Waals surface area contributed by atoms with E-state index >= 15 is 0 Å². The van der Waals surface area contributed by atoms with Crippen molar-refractivity contribution in [3.05, 3.63) is 0 Å². The van der Waals surface area contributed by atoms with E-state index in [1.165, 1.54) is 6.92 Å². The topological polar surface area (TPSA) is 185 Å². The average molecular weight is 342 g/mol. The van der Waals surface area contributed by atoms with Gasteiger partial charge in [-0.15, -0.1) is 49.6 Å². The summed E-state index contributed by atoms with van der Waals surface area (Å²) < 4.78 is 0. The van der Waals surface area contributed by atoms with Gasteiger partial charge in [0.15, 0.2) is 5.78 Å². The Bertz CT molecular complexity index is 164. The molecule has 0 aliphatic carbocycles. The fraction of sp³-hybridized carbons (Fsp3) is 0.667. The molecule has 0 heterocycles. The second-order valence-corrected chi connectivity index (χ2v) is 2.13. The number of carbonyl (C=O) groups excluding carboxylic acids is 2. The number of hydrogen-bond donors (Lipinski definition) is 5. The first-order valence-electron chi connectivity index (χ1n) is 2.96. The van der Waals surface area contributed by atoms with E-state index in [0.29, 0.717) is 0 Å². The summed E-state index contributed by atoms with van der Waals surface area (Å²) in [4.78, 5) is 21.0. The van der Waals surface area contributed by atoms with Crippen molar-refractivity contribution < 1.29 is 14.7 Å². The molecule has 0 saturated carbocycles. The lowest BCUT2D eigenvalue weighted by atomic mass is 10.1. The molecule has 0 aromatic carbocycles. The average Bonchev–Trinajstić information content (AvgIpc) is 1.85. The number of hydrogen-bond acceptors (Lipinski definition) is 7. The van der Waals surface area contributed by atoms with Crippen LogP contribution in [0.25, 0.3) is 0 Å². The van der Waals surface area contributed by atoms with E-state index in [1.54, 1.807) is 0 Å². The number of nitrogens with two attached hydrogens (primary N) is 1. The van der Waals surface area contributed by atoms with Crippen LogP contribution in [0, 0.1) is 0 Å². The van der Waals surface area contributed by atoms with E-state index in [0.717, 1.165) is 0 Å². The summed E-state index contributed by atoms with van der Waals surface area (Å²) >= 11 is 0. The maximum absolute atomic E-state index is 10.7. The van der Waals surface area contributed by atoms with Crippen molar-refractivity contribution >= 4 is 61.2 Å². The monoisotopic (exact) mass is 340 g/mol. The molecule has 0 saturated heterocycles. The fourth-order valence-electron chi connectivity index (χ4n) is 0.478. The molecule has 0 spiro atoms. The van der Waals surface area contributed by atoms with Crippen molar-refractivity contribution in [3.63, 3.8) is 0 Å². The van der Waals surface area contributed by atoms with Crippen molar-refractivity contribution in [1.29, 1.82) is 0 Å². The van der Waals surface area contributed by atoms with Crippen LogP contribution in [-0.2, 0) is 9.59 Å². The first kappa shape index (κ1) is 53.1. The molecule has 0 aliphatic heterocycles. The maximum atomic E-state index is 10.7. The van der Waals surface area contributed by atoms with Crippen LogP contribution in [0.15, 0.2) is 0 Å². The number of Topliss-reactive ketones (excluding diaryl/α,β-unsaturated/α-hetero) is 2. The number of aliphatic hydroxyl groups is 1. The second-order valence-electron chi connectivity index (χ2n) is 2.13. The molecular formula is C6H24Cl4N4O3. The minimum Gasteiger partial charge on any atom is -0.394 e. The first-order chi connectivity index (χ1) is 4.57. The third-order valence-corrected chi connectivity index (χ3v) is 1.03. The molecule has 11 heteroatoms. The molecule has 0 radical (unpaired) electrons. The van der Waals surface area contributed by atoms with Crippen molar-refractivity contribution in [2.75, 3.05) is 6.61 Å². The third-order valence-electron chi connectivity index (χ3n) is 1.03. The number of carbonyl (C=O) groups is 2. The van der Waals surface area contributed by atoms with Crippen molar-refractivity contribution in [2.45, 2.75) is 19.4 Å². The van der Waals surface area contributed by atoms with Gasteiger partial charge in [-0.1, -0.05) is 0 Å². The quantitative estimate of drug-likeness (QED) is 0.472. The zero-order valence-electron chi connectivity index (χ0n) is 9.59. The molecule has 0 aliphatic rings. The highest BCUT2D eigenvalue weighted by Crippen LogP contribution is 1.88. The van der Waals surface area contributed by atoms with Crippen LogP contribution in [0.4, 0.5) is 0 Å². The molecule has 7 nitrogen and oxygen atoms in total. The molecular weight excluding hydrogens is 318 g/mol. The lowest BCUT2D eigenvalue weighted by Gasteiger charge is -2.03. The largest absolute Gasteiger partial charge is 0.394 e. The maximum Gasteiger partial charge on any atom is 0.159 e. The highest BCUT2D eigenvalue weighted by atomic mass is 35.5. The van der Waals surface area contributed by atoms with Gasteiger partial charge in [0.1, 0.15) is 5.78 Å². The zero-order chi connectivity index (χ0) is 8.15. The second kappa shape index (κ2) is 29.9. The molecule has 114 valence electrons. The lowest BCUT2D eigenvalue weighted by Crippen LogP contribution is -2.34. The number of aliphatic hydroxyl groups excluding tert-OH is 1. The molecule has 0 fully saturated rings. The van der Waals surface area contributed by atoms with Crippen molar-refractivity contribution in [3.8, 4) is 0 Å². The normalized spacial score (nSPS) is 7.47. The van der Waals surface area contributed by atoms with Crippen LogP contribution >= 0.6 is 49.6 Å². The number of halogens is 4. The van der Waals surface area contributed by atoms with Crippen molar-refractivity contribution in [2.24, 2.45) is 5.73 Å². The van der Waals surface area contributed by atoms with E-state index in [2.05, 4.69) is 0 Å². The minimum absolute atomic E-state index is 0. The predicted molar refractivity (Wildman–Crippen MR) is 79.4 cm³/mol. The molecule has 1 atom stereocenters. The van der Waals surface area contributed by atoms with Crippen molar-refractivity contribution in [1.82, 2.24) is 18.5 Å². The molecule has 1 unspecified atom stereocenters. The Morgan fingerprint density at radius 2 is 1.35 bits per heavy atom. The molecule has 0 aromatic rings. The van der Waals surface area contributed by atoms with Gasteiger partial charge in [-0.2, -0.15) is 0 Å². The van der Waals surface area contributed by atoms with Gasteiger partial charge in [0.2, 0.25) is 0 Å². The highest BCUT2D eigenvalue weighted by Gasteiger charge is 2.13. The van der Waals surface area contributed by atoms with Gasteiger partial charge < -0.3 is 29.3 Å². The molecule has 0 rings (SSSR count). The molecule has 12 N–H and O–H groups in total. The van der Waals surface area contributed by atoms with Gasteiger partial charge in [-0.05, 0) is 6.92 Å². The SMILES string of the molecule is CC(=O)CC(=O)C(N)CO.Cl.Cl.Cl.Cl.N.N.N. The van der Waals surface area contributed by atoms with Gasteiger partial charge >= 0.3 is 0 Å². The van der Waals surface area contributed by atoms with E-state index in [4.69, 9.17) is 10.8 Å². The zero-order valence-corrected chi connectivity index (χ0v) is 12.9. The highest BCUT2D eigenvalue weighted by molar-refractivity contribution is 6.00. The van der Waals surface area contributed by atoms with E-state index in [9.17, 15) is 9.59 Å². The summed E-state index contributed by atoms with van der Waals surface area (Å²) in [6.07, 6.45) is -0.179. The number of rotatable bonds is 4. The van der Waals surface area contributed by atoms with Crippen LogP contribution < -0.4 is 24.2 Å². The first-order valence-corrected chi connectivity index (χ1v) is 2.96.